The van der Waals surface area contributed by atoms with Crippen LogP contribution < -0.4 is 5.32 Å². The zero-order valence-electron chi connectivity index (χ0n) is 13.8. The summed E-state index contributed by atoms with van der Waals surface area (Å²) in [5.74, 6) is 0. The summed E-state index contributed by atoms with van der Waals surface area (Å²) in [6.07, 6.45) is 0.253. The predicted molar refractivity (Wildman–Crippen MR) is 97.7 cm³/mol. The molecule has 0 unspecified atom stereocenters. The molecule has 0 aliphatic carbocycles. The minimum absolute atomic E-state index is 0.00764. The van der Waals surface area contributed by atoms with Gasteiger partial charge in [0, 0.05) is 30.0 Å². The summed E-state index contributed by atoms with van der Waals surface area (Å²) in [5.41, 5.74) is 2.77. The molecule has 0 aliphatic rings. The lowest BCUT2D eigenvalue weighted by molar-refractivity contribution is -0.139. The number of rotatable bonds is 4. The maximum absolute atomic E-state index is 13.1. The molecule has 0 atom stereocenters. The van der Waals surface area contributed by atoms with Gasteiger partial charge >= 0.3 is 6.18 Å². The summed E-state index contributed by atoms with van der Waals surface area (Å²) in [6, 6.07) is 8.90. The fourth-order valence-electron chi connectivity index (χ4n) is 3.03. The van der Waals surface area contributed by atoms with Crippen LogP contribution in [0.15, 0.2) is 49.1 Å². The predicted octanol–water partition coefficient (Wildman–Crippen LogP) is 4.81. The van der Waals surface area contributed by atoms with E-state index < -0.39 is 12.7 Å². The highest BCUT2D eigenvalue weighted by atomic mass is 35.5. The van der Waals surface area contributed by atoms with Gasteiger partial charge < -0.3 is 9.88 Å². The van der Waals surface area contributed by atoms with Crippen molar-refractivity contribution in [1.82, 2.24) is 19.5 Å². The first-order chi connectivity index (χ1) is 12.9. The van der Waals surface area contributed by atoms with Crippen LogP contribution in [0.5, 0.6) is 0 Å². The maximum atomic E-state index is 13.1. The molecule has 0 bridgehead atoms. The number of fused-ring (bicyclic) bond motifs is 3. The van der Waals surface area contributed by atoms with Gasteiger partial charge in [0.1, 0.15) is 23.9 Å². The SMILES string of the molecule is FC(F)(F)Cn1c2ccc(NCc3ccncc3)cc2c2ncnc(Cl)c21. The van der Waals surface area contributed by atoms with Gasteiger partial charge in [0.2, 0.25) is 0 Å². The zero-order chi connectivity index (χ0) is 19.0. The normalized spacial score (nSPS) is 12.0. The van der Waals surface area contributed by atoms with Gasteiger partial charge in [-0.2, -0.15) is 13.2 Å². The molecule has 0 saturated carbocycles. The van der Waals surface area contributed by atoms with Crippen LogP contribution in [-0.4, -0.2) is 25.7 Å². The lowest BCUT2D eigenvalue weighted by atomic mass is 10.2. The van der Waals surface area contributed by atoms with Crippen LogP contribution in [0.3, 0.4) is 0 Å². The van der Waals surface area contributed by atoms with Gasteiger partial charge in [0.15, 0.2) is 5.15 Å². The molecule has 0 fully saturated rings. The molecule has 0 saturated heterocycles. The topological polar surface area (TPSA) is 55.6 Å². The molecule has 9 heteroatoms. The highest BCUT2D eigenvalue weighted by Gasteiger charge is 2.30. The quantitative estimate of drug-likeness (QED) is 0.507. The summed E-state index contributed by atoms with van der Waals surface area (Å²) in [4.78, 5) is 12.0. The van der Waals surface area contributed by atoms with Crippen molar-refractivity contribution in [3.05, 3.63) is 59.8 Å². The second kappa shape index (κ2) is 6.70. The standard InChI is InChI=1S/C18H13ClF3N5/c19-17-16-15(25-10-26-17)13-7-12(24-8-11-3-5-23-6-4-11)1-2-14(13)27(16)9-18(20,21)22/h1-7,10,24H,8-9H2. The van der Waals surface area contributed by atoms with Crippen LogP contribution in [0.1, 0.15) is 5.56 Å². The van der Waals surface area contributed by atoms with Gasteiger partial charge in [-0.25, -0.2) is 9.97 Å². The van der Waals surface area contributed by atoms with Gasteiger partial charge in [0.25, 0.3) is 0 Å². The number of alkyl halides is 3. The average Bonchev–Trinajstić information content (AvgIpc) is 2.94. The molecule has 5 nitrogen and oxygen atoms in total. The summed E-state index contributed by atoms with van der Waals surface area (Å²) in [7, 11) is 0. The van der Waals surface area contributed by atoms with Crippen LogP contribution in [0.25, 0.3) is 21.9 Å². The van der Waals surface area contributed by atoms with Gasteiger partial charge in [-0.3, -0.25) is 4.98 Å². The Morgan fingerprint density at radius 2 is 1.85 bits per heavy atom. The Morgan fingerprint density at radius 3 is 2.59 bits per heavy atom. The molecule has 4 rings (SSSR count). The number of hydrogen-bond acceptors (Lipinski definition) is 4. The van der Waals surface area contributed by atoms with Crippen molar-refractivity contribution >= 4 is 39.2 Å². The number of nitrogens with zero attached hydrogens (tertiary/aromatic N) is 4. The Labute approximate surface area is 156 Å². The first kappa shape index (κ1) is 17.5. The molecule has 1 N–H and O–H groups in total. The van der Waals surface area contributed by atoms with Crippen molar-refractivity contribution in [2.75, 3.05) is 5.32 Å². The highest BCUT2D eigenvalue weighted by molar-refractivity contribution is 6.34. The van der Waals surface area contributed by atoms with Crippen LogP contribution in [-0.2, 0) is 13.1 Å². The molecule has 1 aromatic carbocycles. The third-order valence-corrected chi connectivity index (χ3v) is 4.45. The summed E-state index contributed by atoms with van der Waals surface area (Å²) in [6.45, 7) is -0.602. The molecule has 0 amide bonds. The zero-order valence-corrected chi connectivity index (χ0v) is 14.6. The lowest BCUT2D eigenvalue weighted by Crippen LogP contribution is -2.17. The van der Waals surface area contributed by atoms with Crippen LogP contribution in [0.2, 0.25) is 5.15 Å². The molecule has 0 spiro atoms. The highest BCUT2D eigenvalue weighted by Crippen LogP contribution is 2.34. The molecule has 3 aromatic heterocycles. The average molecular weight is 392 g/mol. The number of hydrogen-bond donors (Lipinski definition) is 1. The van der Waals surface area contributed by atoms with E-state index in [9.17, 15) is 13.2 Å². The lowest BCUT2D eigenvalue weighted by Gasteiger charge is -2.11. The van der Waals surface area contributed by atoms with Crippen molar-refractivity contribution in [2.45, 2.75) is 19.3 Å². The number of nitrogens with one attached hydrogen (secondary N) is 1. The number of anilines is 1. The van der Waals surface area contributed by atoms with Crippen LogP contribution in [0, 0.1) is 0 Å². The largest absolute Gasteiger partial charge is 0.406 e. The Balaban J connectivity index is 1.79. The van der Waals surface area contributed by atoms with E-state index in [4.69, 9.17) is 11.6 Å². The van der Waals surface area contributed by atoms with Crippen molar-refractivity contribution in [3.8, 4) is 0 Å². The van der Waals surface area contributed by atoms with E-state index >= 15 is 0 Å². The molecule has 3 heterocycles. The molecular formula is C18H13ClF3N5. The molecule has 0 aliphatic heterocycles. The Hall–Kier alpha value is -2.87. The van der Waals surface area contributed by atoms with E-state index in [1.165, 1.54) is 6.33 Å². The summed E-state index contributed by atoms with van der Waals surface area (Å²) < 4.78 is 40.3. The summed E-state index contributed by atoms with van der Waals surface area (Å²) >= 11 is 6.08. The molecular weight excluding hydrogens is 379 g/mol. The molecule has 0 radical (unpaired) electrons. The smallest absolute Gasteiger partial charge is 0.381 e. The maximum Gasteiger partial charge on any atom is 0.406 e. The second-order valence-electron chi connectivity index (χ2n) is 6.00. The Kier molecular flexibility index (Phi) is 4.35. The second-order valence-corrected chi connectivity index (χ2v) is 6.36. The first-order valence-corrected chi connectivity index (χ1v) is 8.42. The summed E-state index contributed by atoms with van der Waals surface area (Å²) in [5, 5.41) is 3.83. The number of pyridine rings is 1. The Morgan fingerprint density at radius 1 is 1.07 bits per heavy atom. The van der Waals surface area contributed by atoms with Gasteiger partial charge in [-0.1, -0.05) is 11.6 Å². The minimum atomic E-state index is -4.39. The van der Waals surface area contributed by atoms with Crippen LogP contribution >= 0.6 is 11.6 Å². The van der Waals surface area contributed by atoms with Gasteiger partial charge in [-0.05, 0) is 35.9 Å². The van der Waals surface area contributed by atoms with Crippen molar-refractivity contribution in [3.63, 3.8) is 0 Å². The fourth-order valence-corrected chi connectivity index (χ4v) is 3.27. The van der Waals surface area contributed by atoms with E-state index in [0.29, 0.717) is 23.0 Å². The fraction of sp³-hybridized carbons (Fsp3) is 0.167. The Bertz CT molecular complexity index is 1110. The third-order valence-electron chi connectivity index (χ3n) is 4.17. The van der Waals surface area contributed by atoms with Crippen LogP contribution in [0.4, 0.5) is 18.9 Å². The van der Waals surface area contributed by atoms with E-state index in [0.717, 1.165) is 15.8 Å². The van der Waals surface area contributed by atoms with Gasteiger partial charge in [-0.15, -0.1) is 0 Å². The van der Waals surface area contributed by atoms with Crippen molar-refractivity contribution in [1.29, 1.82) is 0 Å². The first-order valence-electron chi connectivity index (χ1n) is 8.04. The monoisotopic (exact) mass is 391 g/mol. The van der Waals surface area contributed by atoms with Gasteiger partial charge in [0.05, 0.1) is 5.52 Å². The third kappa shape index (κ3) is 3.52. The van der Waals surface area contributed by atoms with E-state index in [2.05, 4.69) is 20.3 Å². The van der Waals surface area contributed by atoms with Crippen molar-refractivity contribution in [2.24, 2.45) is 0 Å². The van der Waals surface area contributed by atoms with E-state index in [1.54, 1.807) is 30.6 Å². The van der Waals surface area contributed by atoms with Crippen molar-refractivity contribution < 1.29 is 13.2 Å². The molecule has 27 heavy (non-hydrogen) atoms. The minimum Gasteiger partial charge on any atom is -0.381 e. The van der Waals surface area contributed by atoms with E-state index in [1.807, 2.05) is 12.1 Å². The molecule has 4 aromatic rings. The number of halogens is 4. The number of benzene rings is 1. The molecule has 138 valence electrons. The van der Waals surface area contributed by atoms with E-state index in [-0.39, 0.29) is 10.7 Å². The number of aromatic nitrogens is 4.